The zero-order chi connectivity index (χ0) is 12.0. The number of sulfone groups is 1. The first-order valence-electron chi connectivity index (χ1n) is 5.70. The first-order chi connectivity index (χ1) is 7.53. The molecule has 0 aromatic heterocycles. The molecular formula is C10H20N2O3S. The maximum atomic E-state index is 11.7. The number of amides is 1. The third-order valence-corrected chi connectivity index (χ3v) is 4.46. The summed E-state index contributed by atoms with van der Waals surface area (Å²) in [5, 5.41) is 2.47. The molecule has 1 saturated carbocycles. The highest BCUT2D eigenvalue weighted by Crippen LogP contribution is 2.25. The van der Waals surface area contributed by atoms with Crippen molar-refractivity contribution in [3.8, 4) is 0 Å². The number of nitrogens with one attached hydrogen (secondary N) is 1. The van der Waals surface area contributed by atoms with Crippen molar-refractivity contribution in [2.45, 2.75) is 25.7 Å². The molecule has 1 aliphatic carbocycles. The average molecular weight is 248 g/mol. The molecule has 0 spiro atoms. The molecule has 16 heavy (non-hydrogen) atoms. The van der Waals surface area contributed by atoms with Gasteiger partial charge in [0.2, 0.25) is 5.91 Å². The van der Waals surface area contributed by atoms with Gasteiger partial charge in [-0.05, 0) is 18.8 Å². The van der Waals surface area contributed by atoms with Gasteiger partial charge < -0.3 is 11.1 Å². The fraction of sp³-hybridized carbons (Fsp3) is 0.900. The molecule has 0 aliphatic heterocycles. The Morgan fingerprint density at radius 3 is 2.50 bits per heavy atom. The predicted octanol–water partition coefficient (Wildman–Crippen LogP) is -0.334. The minimum atomic E-state index is -3.25. The molecule has 3 N–H and O–H groups in total. The Hall–Kier alpha value is -0.620. The Kier molecular flexibility index (Phi) is 5.21. The first kappa shape index (κ1) is 13.4. The lowest BCUT2D eigenvalue weighted by molar-refractivity contribution is -0.118. The highest BCUT2D eigenvalue weighted by molar-refractivity contribution is 7.92. The highest BCUT2D eigenvalue weighted by Gasteiger charge is 2.24. The van der Waals surface area contributed by atoms with Gasteiger partial charge >= 0.3 is 0 Å². The summed E-state index contributed by atoms with van der Waals surface area (Å²) in [6.45, 7) is 0.659. The normalized spacial score (nSPS) is 17.6. The third-order valence-electron chi connectivity index (χ3n) is 2.78. The molecule has 0 radical (unpaired) electrons. The molecule has 0 aromatic rings. The summed E-state index contributed by atoms with van der Waals surface area (Å²) < 4.78 is 23.3. The standard InChI is InChI=1S/C10H20N2O3S/c11-5-6-12-10(13)8-16(14,15)7-9-3-1-2-4-9/h9H,1-8,11H2,(H,12,13). The lowest BCUT2D eigenvalue weighted by Gasteiger charge is -2.09. The van der Waals surface area contributed by atoms with Crippen LogP contribution in [0.15, 0.2) is 0 Å². The van der Waals surface area contributed by atoms with E-state index in [1.54, 1.807) is 0 Å². The van der Waals surface area contributed by atoms with E-state index in [2.05, 4.69) is 5.32 Å². The summed E-state index contributed by atoms with van der Waals surface area (Å²) in [5.74, 6) is -0.428. The van der Waals surface area contributed by atoms with E-state index in [1.807, 2.05) is 0 Å². The van der Waals surface area contributed by atoms with Crippen LogP contribution in [0.1, 0.15) is 25.7 Å². The Morgan fingerprint density at radius 1 is 1.31 bits per heavy atom. The summed E-state index contributed by atoms with van der Waals surface area (Å²) in [5.41, 5.74) is 5.21. The molecule has 6 heteroatoms. The average Bonchev–Trinajstić information content (AvgIpc) is 2.65. The summed E-state index contributed by atoms with van der Waals surface area (Å²) in [4.78, 5) is 11.2. The Bertz CT molecular complexity index is 321. The van der Waals surface area contributed by atoms with Crippen molar-refractivity contribution in [1.82, 2.24) is 5.32 Å². The molecule has 0 atom stereocenters. The predicted molar refractivity (Wildman–Crippen MR) is 62.7 cm³/mol. The van der Waals surface area contributed by atoms with E-state index in [0.717, 1.165) is 25.7 Å². The van der Waals surface area contributed by atoms with Crippen molar-refractivity contribution in [2.75, 3.05) is 24.6 Å². The van der Waals surface area contributed by atoms with Crippen LogP contribution in [-0.4, -0.2) is 38.9 Å². The molecule has 0 bridgehead atoms. The van der Waals surface area contributed by atoms with E-state index < -0.39 is 21.5 Å². The van der Waals surface area contributed by atoms with Crippen LogP contribution in [0.5, 0.6) is 0 Å². The summed E-state index contributed by atoms with van der Waals surface area (Å²) in [7, 11) is -3.25. The van der Waals surface area contributed by atoms with E-state index in [9.17, 15) is 13.2 Å². The Balaban J connectivity index is 2.35. The van der Waals surface area contributed by atoms with Crippen molar-refractivity contribution >= 4 is 15.7 Å². The van der Waals surface area contributed by atoms with Crippen molar-refractivity contribution in [2.24, 2.45) is 11.7 Å². The molecular weight excluding hydrogens is 228 g/mol. The molecule has 1 aliphatic rings. The highest BCUT2D eigenvalue weighted by atomic mass is 32.2. The molecule has 0 heterocycles. The van der Waals surface area contributed by atoms with Crippen LogP contribution in [0, 0.1) is 5.92 Å². The SMILES string of the molecule is NCCNC(=O)CS(=O)(=O)CC1CCCC1. The second-order valence-electron chi connectivity index (χ2n) is 4.34. The monoisotopic (exact) mass is 248 g/mol. The molecule has 1 rings (SSSR count). The molecule has 0 unspecified atom stereocenters. The van der Waals surface area contributed by atoms with E-state index in [-0.39, 0.29) is 11.7 Å². The minimum Gasteiger partial charge on any atom is -0.354 e. The van der Waals surface area contributed by atoms with Crippen LogP contribution in [0.25, 0.3) is 0 Å². The van der Waals surface area contributed by atoms with Gasteiger partial charge in [-0.1, -0.05) is 12.8 Å². The number of hydrogen-bond donors (Lipinski definition) is 2. The van der Waals surface area contributed by atoms with Gasteiger partial charge in [0.25, 0.3) is 0 Å². The van der Waals surface area contributed by atoms with E-state index >= 15 is 0 Å². The second-order valence-corrected chi connectivity index (χ2v) is 6.45. The Labute approximate surface area is 96.7 Å². The van der Waals surface area contributed by atoms with Gasteiger partial charge in [0.15, 0.2) is 9.84 Å². The van der Waals surface area contributed by atoms with Gasteiger partial charge in [0.1, 0.15) is 5.75 Å². The molecule has 0 saturated heterocycles. The second kappa shape index (κ2) is 6.20. The summed E-state index contributed by atoms with van der Waals surface area (Å²) in [6, 6.07) is 0. The third kappa shape index (κ3) is 4.94. The van der Waals surface area contributed by atoms with Crippen LogP contribution in [0.3, 0.4) is 0 Å². The maximum Gasteiger partial charge on any atom is 0.235 e. The maximum absolute atomic E-state index is 11.7. The van der Waals surface area contributed by atoms with Crippen LogP contribution < -0.4 is 11.1 Å². The van der Waals surface area contributed by atoms with Gasteiger partial charge in [-0.3, -0.25) is 4.79 Å². The largest absolute Gasteiger partial charge is 0.354 e. The van der Waals surface area contributed by atoms with Gasteiger partial charge in [0, 0.05) is 13.1 Å². The lowest BCUT2D eigenvalue weighted by atomic mass is 10.1. The van der Waals surface area contributed by atoms with Gasteiger partial charge in [0.05, 0.1) is 5.75 Å². The molecule has 0 aromatic carbocycles. The minimum absolute atomic E-state index is 0.156. The zero-order valence-corrected chi connectivity index (χ0v) is 10.3. The first-order valence-corrected chi connectivity index (χ1v) is 7.53. The van der Waals surface area contributed by atoms with Gasteiger partial charge in [-0.25, -0.2) is 8.42 Å². The van der Waals surface area contributed by atoms with Crippen LogP contribution in [0.4, 0.5) is 0 Å². The quantitative estimate of drug-likeness (QED) is 0.673. The fourth-order valence-electron chi connectivity index (χ4n) is 2.06. The van der Waals surface area contributed by atoms with Crippen molar-refractivity contribution in [3.63, 3.8) is 0 Å². The van der Waals surface area contributed by atoms with Crippen LogP contribution in [0.2, 0.25) is 0 Å². The van der Waals surface area contributed by atoms with Crippen LogP contribution >= 0.6 is 0 Å². The van der Waals surface area contributed by atoms with E-state index in [1.165, 1.54) is 0 Å². The molecule has 94 valence electrons. The van der Waals surface area contributed by atoms with Crippen molar-refractivity contribution in [1.29, 1.82) is 0 Å². The van der Waals surface area contributed by atoms with E-state index in [4.69, 9.17) is 5.73 Å². The number of nitrogens with two attached hydrogens (primary N) is 1. The summed E-state index contributed by atoms with van der Waals surface area (Å²) in [6.07, 6.45) is 4.17. The summed E-state index contributed by atoms with van der Waals surface area (Å²) >= 11 is 0. The van der Waals surface area contributed by atoms with Crippen LogP contribution in [-0.2, 0) is 14.6 Å². The Morgan fingerprint density at radius 2 is 1.94 bits per heavy atom. The van der Waals surface area contributed by atoms with Gasteiger partial charge in [-0.15, -0.1) is 0 Å². The molecule has 5 nitrogen and oxygen atoms in total. The number of carbonyl (C=O) groups excluding carboxylic acids is 1. The van der Waals surface area contributed by atoms with Gasteiger partial charge in [-0.2, -0.15) is 0 Å². The number of rotatable bonds is 6. The van der Waals surface area contributed by atoms with Crippen molar-refractivity contribution in [3.05, 3.63) is 0 Å². The zero-order valence-electron chi connectivity index (χ0n) is 9.44. The molecule has 1 fully saturated rings. The fourth-order valence-corrected chi connectivity index (χ4v) is 3.73. The van der Waals surface area contributed by atoms with E-state index in [0.29, 0.717) is 13.1 Å². The number of hydrogen-bond acceptors (Lipinski definition) is 4. The molecule has 1 amide bonds. The topological polar surface area (TPSA) is 89.3 Å². The van der Waals surface area contributed by atoms with Crippen molar-refractivity contribution < 1.29 is 13.2 Å². The lowest BCUT2D eigenvalue weighted by Crippen LogP contribution is -2.35. The smallest absolute Gasteiger partial charge is 0.235 e. The number of carbonyl (C=O) groups is 1.